The number of aryl methyl sites for hydroxylation is 1. The highest BCUT2D eigenvalue weighted by atomic mass is 16.3. The lowest BCUT2D eigenvalue weighted by Crippen LogP contribution is -2.04. The summed E-state index contributed by atoms with van der Waals surface area (Å²) < 4.78 is 5.64. The van der Waals surface area contributed by atoms with E-state index in [1.165, 1.54) is 5.56 Å². The number of hydrogen-bond acceptors (Lipinski definition) is 5. The monoisotopic (exact) mass is 387 g/mol. The maximum absolute atomic E-state index is 9.09. The Labute approximate surface area is 167 Å². The lowest BCUT2D eigenvalue weighted by atomic mass is 9.98. The first-order valence-corrected chi connectivity index (χ1v) is 9.53. The molecule has 0 spiro atoms. The van der Waals surface area contributed by atoms with Gasteiger partial charge in [-0.2, -0.15) is 10.2 Å². The molecule has 0 aliphatic heterocycles. The zero-order valence-electron chi connectivity index (χ0n) is 16.3. The Balaban J connectivity index is 1.55. The minimum atomic E-state index is 0.0533. The summed E-state index contributed by atoms with van der Waals surface area (Å²) in [6.45, 7) is 2.68. The Morgan fingerprint density at radius 3 is 2.86 bits per heavy atom. The summed E-state index contributed by atoms with van der Waals surface area (Å²) in [6, 6.07) is 10.3. The summed E-state index contributed by atoms with van der Waals surface area (Å²) in [5.41, 5.74) is 6.83. The van der Waals surface area contributed by atoms with Crippen LogP contribution in [0.5, 0.6) is 0 Å². The van der Waals surface area contributed by atoms with Crippen molar-refractivity contribution >= 4 is 16.7 Å². The topological polar surface area (TPSA) is 86.1 Å². The summed E-state index contributed by atoms with van der Waals surface area (Å²) >= 11 is 0. The van der Waals surface area contributed by atoms with Crippen molar-refractivity contribution in [2.75, 3.05) is 6.61 Å². The van der Waals surface area contributed by atoms with Gasteiger partial charge in [-0.05, 0) is 29.8 Å². The molecular formula is C21H21N7O. The highest BCUT2D eigenvalue weighted by molar-refractivity contribution is 5.76. The minimum Gasteiger partial charge on any atom is -0.394 e. The van der Waals surface area contributed by atoms with Crippen LogP contribution in [0.15, 0.2) is 55.2 Å². The zero-order chi connectivity index (χ0) is 20.0. The molecule has 0 saturated carbocycles. The Hall–Kier alpha value is -3.52. The predicted octanol–water partition coefficient (Wildman–Crippen LogP) is 2.62. The molecule has 1 aromatic carbocycles. The van der Waals surface area contributed by atoms with Gasteiger partial charge in [-0.25, -0.2) is 14.5 Å². The third-order valence-electron chi connectivity index (χ3n) is 5.34. The number of rotatable bonds is 5. The van der Waals surface area contributed by atoms with Crippen molar-refractivity contribution in [2.45, 2.75) is 19.4 Å². The standard InChI is InChI=1S/C21H21N7O/c1-14(15-3-4-18-19(9-15)26(2)13-23-18)20-11-22-21-6-5-17(25-28(20)21)16-10-24-27(12-16)7-8-29/h3-6,9-14,29H,7-8H2,1-2H3. The number of nitrogens with zero attached hydrogens (tertiary/aromatic N) is 7. The van der Waals surface area contributed by atoms with Crippen molar-refractivity contribution in [3.05, 3.63) is 66.5 Å². The van der Waals surface area contributed by atoms with Gasteiger partial charge in [0, 0.05) is 24.7 Å². The van der Waals surface area contributed by atoms with E-state index >= 15 is 0 Å². The molecular weight excluding hydrogens is 366 g/mol. The van der Waals surface area contributed by atoms with E-state index in [0.717, 1.165) is 33.6 Å². The summed E-state index contributed by atoms with van der Waals surface area (Å²) in [5.74, 6) is 0.115. The van der Waals surface area contributed by atoms with Crippen molar-refractivity contribution in [3.63, 3.8) is 0 Å². The van der Waals surface area contributed by atoms with Gasteiger partial charge >= 0.3 is 0 Å². The van der Waals surface area contributed by atoms with Crippen LogP contribution < -0.4 is 0 Å². The van der Waals surface area contributed by atoms with E-state index in [2.05, 4.69) is 40.2 Å². The molecule has 1 N–H and O–H groups in total. The Bertz CT molecular complexity index is 1310. The van der Waals surface area contributed by atoms with Crippen molar-refractivity contribution in [1.82, 2.24) is 33.9 Å². The van der Waals surface area contributed by atoms with Crippen LogP contribution in [-0.2, 0) is 13.6 Å². The molecule has 4 heterocycles. The average Bonchev–Trinajstić information content (AvgIpc) is 3.46. The smallest absolute Gasteiger partial charge is 0.153 e. The Kier molecular flexibility index (Phi) is 4.13. The summed E-state index contributed by atoms with van der Waals surface area (Å²) in [5, 5.41) is 18.2. The molecule has 5 aromatic rings. The van der Waals surface area contributed by atoms with E-state index in [-0.39, 0.29) is 12.5 Å². The van der Waals surface area contributed by atoms with Crippen LogP contribution in [0, 0.1) is 0 Å². The normalized spacial score (nSPS) is 12.8. The van der Waals surface area contributed by atoms with Crippen LogP contribution >= 0.6 is 0 Å². The number of aliphatic hydroxyl groups excluding tert-OH is 1. The van der Waals surface area contributed by atoms with Gasteiger partial charge in [0.25, 0.3) is 0 Å². The van der Waals surface area contributed by atoms with Gasteiger partial charge in [-0.15, -0.1) is 0 Å². The zero-order valence-corrected chi connectivity index (χ0v) is 16.3. The first-order valence-electron chi connectivity index (χ1n) is 9.53. The molecule has 29 heavy (non-hydrogen) atoms. The van der Waals surface area contributed by atoms with Crippen LogP contribution in [0.4, 0.5) is 0 Å². The van der Waals surface area contributed by atoms with Gasteiger partial charge in [-0.1, -0.05) is 13.0 Å². The Morgan fingerprint density at radius 2 is 2.00 bits per heavy atom. The molecule has 1 atom stereocenters. The van der Waals surface area contributed by atoms with Crippen LogP contribution in [0.2, 0.25) is 0 Å². The Morgan fingerprint density at radius 1 is 1.10 bits per heavy atom. The molecule has 4 aromatic heterocycles. The second-order valence-corrected chi connectivity index (χ2v) is 7.21. The minimum absolute atomic E-state index is 0.0533. The summed E-state index contributed by atoms with van der Waals surface area (Å²) in [7, 11) is 2.00. The molecule has 5 rings (SSSR count). The van der Waals surface area contributed by atoms with Gasteiger partial charge in [0.1, 0.15) is 0 Å². The van der Waals surface area contributed by atoms with Crippen molar-refractivity contribution < 1.29 is 5.11 Å². The number of benzene rings is 1. The van der Waals surface area contributed by atoms with Crippen molar-refractivity contribution in [3.8, 4) is 11.3 Å². The molecule has 0 amide bonds. The largest absolute Gasteiger partial charge is 0.394 e. The SMILES string of the molecule is CC(c1ccc2ncn(C)c2c1)c1cnc2ccc(-c3cnn(CCO)c3)nn12. The van der Waals surface area contributed by atoms with E-state index in [1.807, 2.05) is 47.0 Å². The van der Waals surface area contributed by atoms with Gasteiger partial charge < -0.3 is 9.67 Å². The average molecular weight is 387 g/mol. The number of fused-ring (bicyclic) bond motifs is 2. The first kappa shape index (κ1) is 17.6. The molecule has 146 valence electrons. The molecule has 1 unspecified atom stereocenters. The molecule has 8 heteroatoms. The summed E-state index contributed by atoms with van der Waals surface area (Å²) in [4.78, 5) is 8.93. The second-order valence-electron chi connectivity index (χ2n) is 7.21. The molecule has 8 nitrogen and oxygen atoms in total. The molecule has 0 aliphatic carbocycles. The molecule has 0 fully saturated rings. The number of imidazole rings is 2. The van der Waals surface area contributed by atoms with Gasteiger partial charge in [0.15, 0.2) is 5.65 Å². The molecule has 0 aliphatic rings. The third kappa shape index (κ3) is 2.98. The van der Waals surface area contributed by atoms with E-state index in [0.29, 0.717) is 6.54 Å². The highest BCUT2D eigenvalue weighted by Crippen LogP contribution is 2.28. The van der Waals surface area contributed by atoms with Crippen LogP contribution in [0.1, 0.15) is 24.1 Å². The third-order valence-corrected chi connectivity index (χ3v) is 5.34. The molecule has 0 saturated heterocycles. The van der Waals surface area contributed by atoms with Crippen LogP contribution in [-0.4, -0.2) is 45.6 Å². The van der Waals surface area contributed by atoms with E-state index in [4.69, 9.17) is 10.2 Å². The van der Waals surface area contributed by atoms with Crippen molar-refractivity contribution in [1.29, 1.82) is 0 Å². The molecule has 0 radical (unpaired) electrons. The number of hydrogen-bond donors (Lipinski definition) is 1. The number of aromatic nitrogens is 7. The highest BCUT2D eigenvalue weighted by Gasteiger charge is 2.17. The van der Waals surface area contributed by atoms with Gasteiger partial charge in [0.05, 0.1) is 54.3 Å². The fourth-order valence-corrected chi connectivity index (χ4v) is 3.64. The lowest BCUT2D eigenvalue weighted by molar-refractivity contribution is 0.269. The van der Waals surface area contributed by atoms with E-state index in [1.54, 1.807) is 10.9 Å². The summed E-state index contributed by atoms with van der Waals surface area (Å²) in [6.07, 6.45) is 7.37. The number of aliphatic hydroxyl groups is 1. The maximum Gasteiger partial charge on any atom is 0.153 e. The van der Waals surface area contributed by atoms with E-state index in [9.17, 15) is 0 Å². The molecule has 0 bridgehead atoms. The maximum atomic E-state index is 9.09. The predicted molar refractivity (Wildman–Crippen MR) is 110 cm³/mol. The van der Waals surface area contributed by atoms with Crippen molar-refractivity contribution in [2.24, 2.45) is 7.05 Å². The fraction of sp³-hybridized carbons (Fsp3) is 0.238. The fourth-order valence-electron chi connectivity index (χ4n) is 3.64. The van der Waals surface area contributed by atoms with Crippen LogP contribution in [0.3, 0.4) is 0 Å². The lowest BCUT2D eigenvalue weighted by Gasteiger charge is -2.12. The quantitative estimate of drug-likeness (QED) is 0.501. The van der Waals surface area contributed by atoms with Crippen LogP contribution in [0.25, 0.3) is 27.9 Å². The van der Waals surface area contributed by atoms with Gasteiger partial charge in [0.2, 0.25) is 0 Å². The first-order chi connectivity index (χ1) is 14.1. The van der Waals surface area contributed by atoms with E-state index < -0.39 is 0 Å². The second kappa shape index (κ2) is 6.82. The van der Waals surface area contributed by atoms with Gasteiger partial charge in [-0.3, -0.25) is 4.68 Å².